The van der Waals surface area contributed by atoms with Crippen LogP contribution in [0.4, 0.5) is 9.93 Å². The van der Waals surface area contributed by atoms with Gasteiger partial charge in [-0.15, -0.1) is 0 Å². The van der Waals surface area contributed by atoms with Crippen molar-refractivity contribution in [2.24, 2.45) is 0 Å². The Balaban J connectivity index is 1.63. The zero-order valence-electron chi connectivity index (χ0n) is 16.7. The molecule has 27 heavy (non-hydrogen) atoms. The zero-order chi connectivity index (χ0) is 19.6. The van der Waals surface area contributed by atoms with Gasteiger partial charge in [0.25, 0.3) is 0 Å². The minimum absolute atomic E-state index is 0.0881. The average molecular weight is 392 g/mol. The molecule has 2 aliphatic heterocycles. The number of carbonyl (C=O) groups is 1. The molecule has 7 nitrogen and oxygen atoms in total. The Kier molecular flexibility index (Phi) is 5.92. The summed E-state index contributed by atoms with van der Waals surface area (Å²) in [6.45, 7) is 13.0. The number of aromatic nitrogens is 1. The monoisotopic (exact) mass is 391 g/mol. The second-order valence-electron chi connectivity index (χ2n) is 8.26. The van der Waals surface area contributed by atoms with Crippen molar-refractivity contribution >= 4 is 22.6 Å². The second-order valence-corrected chi connectivity index (χ2v) is 9.33. The average Bonchev–Trinajstić information content (AvgIpc) is 3.01. The van der Waals surface area contributed by atoms with Gasteiger partial charge in [-0.05, 0) is 27.7 Å². The van der Waals surface area contributed by atoms with Crippen LogP contribution in [0.15, 0.2) is 0 Å². The van der Waals surface area contributed by atoms with Crippen LogP contribution in [-0.2, 0) is 17.7 Å². The van der Waals surface area contributed by atoms with E-state index in [9.17, 15) is 4.79 Å². The first-order valence-electron chi connectivity index (χ1n) is 9.59. The van der Waals surface area contributed by atoms with Gasteiger partial charge in [-0.1, -0.05) is 11.3 Å². The number of rotatable bonds is 3. The number of nitriles is 1. The van der Waals surface area contributed by atoms with E-state index in [2.05, 4.69) is 22.8 Å². The SMILES string of the molecule is C[C@@H]1Cc2nc(N3CCN(CCC#N)CC3)sc2CN1C(=O)OC(C)(C)C. The van der Waals surface area contributed by atoms with Gasteiger partial charge in [0.05, 0.1) is 18.3 Å². The number of thiazole rings is 1. The Morgan fingerprint density at radius 1 is 1.33 bits per heavy atom. The lowest BCUT2D eigenvalue weighted by atomic mass is 10.1. The lowest BCUT2D eigenvalue weighted by Crippen LogP contribution is -2.46. The molecule has 0 spiro atoms. The summed E-state index contributed by atoms with van der Waals surface area (Å²) in [4.78, 5) is 25.0. The third-order valence-electron chi connectivity index (χ3n) is 4.91. The number of hydrogen-bond acceptors (Lipinski definition) is 7. The van der Waals surface area contributed by atoms with E-state index < -0.39 is 5.60 Å². The lowest BCUT2D eigenvalue weighted by Gasteiger charge is -2.34. The first-order valence-corrected chi connectivity index (χ1v) is 10.4. The maximum atomic E-state index is 12.5. The van der Waals surface area contributed by atoms with Gasteiger partial charge < -0.3 is 9.64 Å². The number of amides is 1. The molecule has 148 valence electrons. The third kappa shape index (κ3) is 4.90. The molecule has 3 rings (SSSR count). The Morgan fingerprint density at radius 3 is 2.67 bits per heavy atom. The minimum atomic E-state index is -0.485. The molecule has 0 saturated carbocycles. The normalized spacial score (nSPS) is 20.9. The molecule has 0 aliphatic carbocycles. The number of carbonyl (C=O) groups excluding carboxylic acids is 1. The Hall–Kier alpha value is -1.85. The Morgan fingerprint density at radius 2 is 2.04 bits per heavy atom. The van der Waals surface area contributed by atoms with Crippen LogP contribution in [0.25, 0.3) is 0 Å². The number of ether oxygens (including phenoxy) is 1. The number of fused-ring (bicyclic) bond motifs is 1. The van der Waals surface area contributed by atoms with Gasteiger partial charge in [0.15, 0.2) is 5.13 Å². The quantitative estimate of drug-likeness (QED) is 0.789. The summed E-state index contributed by atoms with van der Waals surface area (Å²) in [7, 11) is 0. The van der Waals surface area contributed by atoms with Crippen LogP contribution in [0.3, 0.4) is 0 Å². The van der Waals surface area contributed by atoms with Crippen molar-refractivity contribution in [3.05, 3.63) is 10.6 Å². The fraction of sp³-hybridized carbons (Fsp3) is 0.737. The van der Waals surface area contributed by atoms with Crippen LogP contribution < -0.4 is 4.90 Å². The fourth-order valence-corrected chi connectivity index (χ4v) is 4.56. The largest absolute Gasteiger partial charge is 0.444 e. The number of nitrogens with zero attached hydrogens (tertiary/aromatic N) is 5. The van der Waals surface area contributed by atoms with Gasteiger partial charge in [0, 0.05) is 56.5 Å². The third-order valence-corrected chi connectivity index (χ3v) is 6.06. The van der Waals surface area contributed by atoms with Crippen molar-refractivity contribution in [2.75, 3.05) is 37.6 Å². The molecule has 0 radical (unpaired) electrons. The van der Waals surface area contributed by atoms with E-state index in [0.717, 1.165) is 50.0 Å². The summed E-state index contributed by atoms with van der Waals surface area (Å²) in [5, 5.41) is 9.79. The maximum absolute atomic E-state index is 12.5. The van der Waals surface area contributed by atoms with Gasteiger partial charge in [-0.25, -0.2) is 9.78 Å². The Labute approximate surface area is 165 Å². The predicted octanol–water partition coefficient (Wildman–Crippen LogP) is 2.86. The van der Waals surface area contributed by atoms with E-state index in [1.807, 2.05) is 25.7 Å². The highest BCUT2D eigenvalue weighted by atomic mass is 32.1. The molecule has 1 atom stereocenters. The van der Waals surface area contributed by atoms with E-state index in [1.54, 1.807) is 11.3 Å². The van der Waals surface area contributed by atoms with Crippen LogP contribution in [0.5, 0.6) is 0 Å². The summed E-state index contributed by atoms with van der Waals surface area (Å²) in [6.07, 6.45) is 1.11. The topological polar surface area (TPSA) is 72.7 Å². The molecule has 0 bridgehead atoms. The molecule has 0 N–H and O–H groups in total. The van der Waals surface area contributed by atoms with Crippen LogP contribution >= 0.6 is 11.3 Å². The molecule has 1 fully saturated rings. The smallest absolute Gasteiger partial charge is 0.410 e. The molecule has 3 heterocycles. The number of piperazine rings is 1. The van der Waals surface area contributed by atoms with Crippen molar-refractivity contribution in [2.45, 2.75) is 58.7 Å². The van der Waals surface area contributed by atoms with Crippen LogP contribution in [0, 0.1) is 11.3 Å². The van der Waals surface area contributed by atoms with Crippen LogP contribution in [0.1, 0.15) is 44.7 Å². The van der Waals surface area contributed by atoms with Crippen molar-refractivity contribution in [1.29, 1.82) is 5.26 Å². The van der Waals surface area contributed by atoms with Crippen molar-refractivity contribution < 1.29 is 9.53 Å². The number of hydrogen-bond donors (Lipinski definition) is 0. The van der Waals surface area contributed by atoms with Gasteiger partial charge in [-0.2, -0.15) is 5.26 Å². The van der Waals surface area contributed by atoms with E-state index in [4.69, 9.17) is 15.0 Å². The van der Waals surface area contributed by atoms with E-state index >= 15 is 0 Å². The fourth-order valence-electron chi connectivity index (χ4n) is 3.42. The summed E-state index contributed by atoms with van der Waals surface area (Å²) < 4.78 is 5.56. The first-order chi connectivity index (χ1) is 12.8. The standard InChI is InChI=1S/C19H29N5O2S/c1-14-12-15-16(13-24(14)18(25)26-19(2,3)4)27-17(21-15)23-10-8-22(9-11-23)7-5-6-20/h14H,5,7-13H2,1-4H3/t14-/m1/s1. The molecule has 1 aromatic heterocycles. The molecule has 8 heteroatoms. The van der Waals surface area contributed by atoms with Crippen molar-refractivity contribution in [3.63, 3.8) is 0 Å². The zero-order valence-corrected chi connectivity index (χ0v) is 17.5. The van der Waals surface area contributed by atoms with Gasteiger partial charge in [-0.3, -0.25) is 9.80 Å². The number of anilines is 1. The summed E-state index contributed by atoms with van der Waals surface area (Å²) in [5.74, 6) is 0. The lowest BCUT2D eigenvalue weighted by molar-refractivity contribution is 0.0140. The highest BCUT2D eigenvalue weighted by Gasteiger charge is 2.33. The molecule has 2 aliphatic rings. The van der Waals surface area contributed by atoms with E-state index in [1.165, 1.54) is 4.88 Å². The highest BCUT2D eigenvalue weighted by molar-refractivity contribution is 7.15. The molecule has 0 unspecified atom stereocenters. The molecule has 0 aromatic carbocycles. The van der Waals surface area contributed by atoms with Crippen molar-refractivity contribution in [3.8, 4) is 6.07 Å². The Bertz CT molecular complexity index is 713. The van der Waals surface area contributed by atoms with Gasteiger partial charge in [0.1, 0.15) is 5.60 Å². The predicted molar refractivity (Wildman–Crippen MR) is 106 cm³/mol. The van der Waals surface area contributed by atoms with Crippen molar-refractivity contribution in [1.82, 2.24) is 14.8 Å². The molecular weight excluding hydrogens is 362 g/mol. The van der Waals surface area contributed by atoms with Gasteiger partial charge >= 0.3 is 6.09 Å². The highest BCUT2D eigenvalue weighted by Crippen LogP contribution is 2.33. The van der Waals surface area contributed by atoms with E-state index in [0.29, 0.717) is 13.0 Å². The van der Waals surface area contributed by atoms with E-state index in [-0.39, 0.29) is 12.1 Å². The molecular formula is C19H29N5O2S. The molecule has 1 saturated heterocycles. The maximum Gasteiger partial charge on any atom is 0.410 e. The molecule has 1 amide bonds. The molecule has 1 aromatic rings. The van der Waals surface area contributed by atoms with Gasteiger partial charge in [0.2, 0.25) is 0 Å². The minimum Gasteiger partial charge on any atom is -0.444 e. The van der Waals surface area contributed by atoms with Crippen LogP contribution in [0.2, 0.25) is 0 Å². The summed E-state index contributed by atoms with van der Waals surface area (Å²) >= 11 is 1.70. The second kappa shape index (κ2) is 8.03. The summed E-state index contributed by atoms with van der Waals surface area (Å²) in [5.41, 5.74) is 0.635. The summed E-state index contributed by atoms with van der Waals surface area (Å²) in [6, 6.07) is 2.30. The van der Waals surface area contributed by atoms with Crippen LogP contribution in [-0.4, -0.2) is 65.2 Å². The first kappa shape index (κ1) is 19.9.